The van der Waals surface area contributed by atoms with Crippen LogP contribution in [0.1, 0.15) is 23.4 Å². The summed E-state index contributed by atoms with van der Waals surface area (Å²) in [7, 11) is 0. The van der Waals surface area contributed by atoms with E-state index in [4.69, 9.17) is 0 Å². The first-order chi connectivity index (χ1) is 12.6. The largest absolute Gasteiger partial charge is 0.355 e. The van der Waals surface area contributed by atoms with Crippen LogP contribution in [0.15, 0.2) is 22.9 Å². The molecule has 0 bridgehead atoms. The Morgan fingerprint density at radius 3 is 2.77 bits per heavy atom. The van der Waals surface area contributed by atoms with E-state index in [1.807, 2.05) is 18.4 Å². The van der Waals surface area contributed by atoms with Gasteiger partial charge >= 0.3 is 0 Å². The van der Waals surface area contributed by atoms with Crippen LogP contribution in [0.5, 0.6) is 0 Å². The van der Waals surface area contributed by atoms with Crippen LogP contribution in [0.3, 0.4) is 0 Å². The summed E-state index contributed by atoms with van der Waals surface area (Å²) in [5.74, 6) is 0.154. The number of likely N-dealkylation sites (tertiary alicyclic amines) is 1. The molecule has 2 N–H and O–H groups in total. The molecule has 0 saturated carbocycles. The number of nitrogens with one attached hydrogen (secondary N) is 2. The predicted octanol–water partition coefficient (Wildman–Crippen LogP) is 2.52. The van der Waals surface area contributed by atoms with Crippen molar-refractivity contribution in [2.24, 2.45) is 5.92 Å². The van der Waals surface area contributed by atoms with E-state index in [0.717, 1.165) is 38.0 Å². The molecule has 26 heavy (non-hydrogen) atoms. The lowest BCUT2D eigenvalue weighted by atomic mass is 9.96. The van der Waals surface area contributed by atoms with E-state index >= 15 is 0 Å². The molecule has 140 valence electrons. The maximum absolute atomic E-state index is 12.3. The van der Waals surface area contributed by atoms with Crippen LogP contribution >= 0.6 is 22.7 Å². The number of aromatic nitrogens is 1. The number of anilines is 1. The second-order valence-electron chi connectivity index (χ2n) is 6.51. The van der Waals surface area contributed by atoms with Crippen LogP contribution in [-0.4, -0.2) is 47.9 Å². The fourth-order valence-corrected chi connectivity index (χ4v) is 4.45. The molecule has 1 aliphatic heterocycles. The second-order valence-corrected chi connectivity index (χ2v) is 8.40. The lowest BCUT2D eigenvalue weighted by Crippen LogP contribution is -2.43. The Labute approximate surface area is 161 Å². The number of carbonyl (C=O) groups is 2. The first kappa shape index (κ1) is 19.0. The molecule has 6 nitrogen and oxygen atoms in total. The van der Waals surface area contributed by atoms with E-state index in [1.54, 1.807) is 11.3 Å². The van der Waals surface area contributed by atoms with Crippen molar-refractivity contribution in [3.8, 4) is 0 Å². The van der Waals surface area contributed by atoms with Gasteiger partial charge in [0.1, 0.15) is 0 Å². The summed E-state index contributed by atoms with van der Waals surface area (Å²) < 4.78 is 0. The third kappa shape index (κ3) is 5.62. The van der Waals surface area contributed by atoms with Crippen LogP contribution in [0.2, 0.25) is 0 Å². The maximum atomic E-state index is 12.3. The molecule has 1 aliphatic rings. The van der Waals surface area contributed by atoms with Crippen molar-refractivity contribution in [3.05, 3.63) is 33.5 Å². The van der Waals surface area contributed by atoms with Gasteiger partial charge < -0.3 is 10.6 Å². The Hall–Kier alpha value is -1.77. The summed E-state index contributed by atoms with van der Waals surface area (Å²) in [4.78, 5) is 32.0. The highest BCUT2D eigenvalue weighted by Crippen LogP contribution is 2.18. The standard InChI is InChI=1S/C18H24N4O2S2/c1-13-12-26-18(20-13)21-16(23)11-22-8-5-14(6-9-22)17(24)19-7-4-15-3-2-10-25-15/h2-3,10,12,14H,4-9,11H2,1H3,(H,19,24)(H,20,21,23). The first-order valence-corrected chi connectivity index (χ1v) is 10.6. The van der Waals surface area contributed by atoms with E-state index in [0.29, 0.717) is 18.2 Å². The van der Waals surface area contributed by atoms with Crippen molar-refractivity contribution >= 4 is 39.6 Å². The minimum absolute atomic E-state index is 0.0433. The molecule has 0 aromatic carbocycles. The van der Waals surface area contributed by atoms with E-state index in [-0.39, 0.29) is 17.7 Å². The fraction of sp³-hybridized carbons (Fsp3) is 0.500. The molecule has 3 heterocycles. The van der Waals surface area contributed by atoms with E-state index < -0.39 is 0 Å². The smallest absolute Gasteiger partial charge is 0.240 e. The van der Waals surface area contributed by atoms with Gasteiger partial charge in [0.05, 0.1) is 12.2 Å². The van der Waals surface area contributed by atoms with Crippen molar-refractivity contribution in [1.82, 2.24) is 15.2 Å². The van der Waals surface area contributed by atoms with Gasteiger partial charge in [-0.1, -0.05) is 6.07 Å². The summed E-state index contributed by atoms with van der Waals surface area (Å²) in [5.41, 5.74) is 0.913. The molecule has 1 saturated heterocycles. The average Bonchev–Trinajstić information content (AvgIpc) is 3.27. The number of hydrogen-bond acceptors (Lipinski definition) is 6. The molecule has 0 spiro atoms. The molecule has 2 amide bonds. The Morgan fingerprint density at radius 1 is 1.31 bits per heavy atom. The number of piperidine rings is 1. The van der Waals surface area contributed by atoms with Crippen molar-refractivity contribution in [3.63, 3.8) is 0 Å². The van der Waals surface area contributed by atoms with Crippen LogP contribution in [0.25, 0.3) is 0 Å². The number of rotatable bonds is 7. The summed E-state index contributed by atoms with van der Waals surface area (Å²) in [5, 5.41) is 10.5. The highest BCUT2D eigenvalue weighted by Gasteiger charge is 2.25. The number of carbonyl (C=O) groups excluding carboxylic acids is 2. The molecule has 0 atom stereocenters. The quantitative estimate of drug-likeness (QED) is 0.759. The number of aryl methyl sites for hydroxylation is 1. The molecule has 8 heteroatoms. The van der Waals surface area contributed by atoms with Crippen LogP contribution < -0.4 is 10.6 Å². The third-order valence-corrected chi connectivity index (χ3v) is 6.25. The van der Waals surface area contributed by atoms with Crippen LogP contribution in [0, 0.1) is 12.8 Å². The summed E-state index contributed by atoms with van der Waals surface area (Å²) in [6.45, 7) is 4.49. The minimum atomic E-state index is -0.0433. The van der Waals surface area contributed by atoms with Gasteiger partial charge in [0, 0.05) is 22.7 Å². The summed E-state index contributed by atoms with van der Waals surface area (Å²) >= 11 is 3.16. The topological polar surface area (TPSA) is 74.3 Å². The lowest BCUT2D eigenvalue weighted by Gasteiger charge is -2.30. The summed E-state index contributed by atoms with van der Waals surface area (Å²) in [6.07, 6.45) is 2.49. The van der Waals surface area contributed by atoms with Gasteiger partial charge in [-0.3, -0.25) is 14.5 Å². The summed E-state index contributed by atoms with van der Waals surface area (Å²) in [6, 6.07) is 4.12. The molecular weight excluding hydrogens is 368 g/mol. The third-order valence-electron chi connectivity index (χ3n) is 4.44. The first-order valence-electron chi connectivity index (χ1n) is 8.84. The van der Waals surface area contributed by atoms with Gasteiger partial charge in [-0.25, -0.2) is 4.98 Å². The molecule has 0 unspecified atom stereocenters. The maximum Gasteiger partial charge on any atom is 0.240 e. The van der Waals surface area contributed by atoms with E-state index in [2.05, 4.69) is 32.0 Å². The van der Waals surface area contributed by atoms with Gasteiger partial charge in [-0.05, 0) is 50.7 Å². The molecular formula is C18H24N4O2S2. The van der Waals surface area contributed by atoms with Crippen molar-refractivity contribution in [2.45, 2.75) is 26.2 Å². The van der Waals surface area contributed by atoms with E-state index in [9.17, 15) is 9.59 Å². The van der Waals surface area contributed by atoms with Gasteiger partial charge in [0.25, 0.3) is 0 Å². The number of amides is 2. The lowest BCUT2D eigenvalue weighted by molar-refractivity contribution is -0.126. The van der Waals surface area contributed by atoms with E-state index in [1.165, 1.54) is 16.2 Å². The Kier molecular flexibility index (Phi) is 6.76. The van der Waals surface area contributed by atoms with Gasteiger partial charge in [-0.15, -0.1) is 22.7 Å². The zero-order valence-corrected chi connectivity index (χ0v) is 16.5. The zero-order chi connectivity index (χ0) is 18.4. The molecule has 3 rings (SSSR count). The van der Waals surface area contributed by atoms with Crippen molar-refractivity contribution < 1.29 is 9.59 Å². The number of thiophene rings is 1. The molecule has 0 aliphatic carbocycles. The molecule has 2 aromatic rings. The highest BCUT2D eigenvalue weighted by atomic mass is 32.1. The zero-order valence-electron chi connectivity index (χ0n) is 14.9. The second kappa shape index (κ2) is 9.25. The van der Waals surface area contributed by atoms with Gasteiger partial charge in [-0.2, -0.15) is 0 Å². The van der Waals surface area contributed by atoms with Gasteiger partial charge in [0.2, 0.25) is 11.8 Å². The monoisotopic (exact) mass is 392 g/mol. The number of nitrogens with zero attached hydrogens (tertiary/aromatic N) is 2. The Bertz CT molecular complexity index is 721. The minimum Gasteiger partial charge on any atom is -0.355 e. The number of hydrogen-bond donors (Lipinski definition) is 2. The predicted molar refractivity (Wildman–Crippen MR) is 106 cm³/mol. The normalized spacial score (nSPS) is 15.7. The molecule has 2 aromatic heterocycles. The molecule has 0 radical (unpaired) electrons. The van der Waals surface area contributed by atoms with Crippen molar-refractivity contribution in [2.75, 3.05) is 31.5 Å². The Morgan fingerprint density at radius 2 is 2.12 bits per heavy atom. The SMILES string of the molecule is Cc1csc(NC(=O)CN2CCC(C(=O)NCCc3cccs3)CC2)n1. The highest BCUT2D eigenvalue weighted by molar-refractivity contribution is 7.13. The van der Waals surface area contributed by atoms with Crippen molar-refractivity contribution in [1.29, 1.82) is 0 Å². The Balaban J connectivity index is 1.34. The fourth-order valence-electron chi connectivity index (χ4n) is 3.03. The van der Waals surface area contributed by atoms with Gasteiger partial charge in [0.15, 0.2) is 5.13 Å². The average molecular weight is 393 g/mol. The van der Waals surface area contributed by atoms with Crippen LogP contribution in [0.4, 0.5) is 5.13 Å². The number of thiazole rings is 1. The molecule has 1 fully saturated rings. The van der Waals surface area contributed by atoms with Crippen LogP contribution in [-0.2, 0) is 16.0 Å².